The van der Waals surface area contributed by atoms with Gasteiger partial charge in [-0.1, -0.05) is 11.6 Å². The van der Waals surface area contributed by atoms with E-state index in [2.05, 4.69) is 4.99 Å². The van der Waals surface area contributed by atoms with Crippen molar-refractivity contribution in [3.8, 4) is 5.75 Å². The lowest BCUT2D eigenvalue weighted by atomic mass is 10.3. The Kier molecular flexibility index (Phi) is 2.86. The lowest BCUT2D eigenvalue weighted by Crippen LogP contribution is -1.81. The van der Waals surface area contributed by atoms with Crippen molar-refractivity contribution in [1.82, 2.24) is 0 Å². The average molecular weight is 184 g/mol. The summed E-state index contributed by atoms with van der Waals surface area (Å²) in [5.41, 5.74) is 0.439. The monoisotopic (exact) mass is 183 g/mol. The van der Waals surface area contributed by atoms with E-state index in [9.17, 15) is 4.79 Å². The van der Waals surface area contributed by atoms with E-state index in [1.165, 1.54) is 13.2 Å². The molecule has 0 saturated heterocycles. The lowest BCUT2D eigenvalue weighted by molar-refractivity contribution is 0.415. The van der Waals surface area contributed by atoms with E-state index in [0.717, 1.165) is 0 Å². The second-order valence-electron chi connectivity index (χ2n) is 2.05. The van der Waals surface area contributed by atoms with Gasteiger partial charge >= 0.3 is 0 Å². The smallest absolute Gasteiger partial charge is 0.240 e. The summed E-state index contributed by atoms with van der Waals surface area (Å²) in [6, 6.07) is 4.77. The quantitative estimate of drug-likeness (QED) is 0.521. The number of nitrogens with zero attached hydrogens (tertiary/aromatic N) is 1. The molecule has 0 aliphatic rings. The molecule has 0 amide bonds. The minimum Gasteiger partial charge on any atom is -0.497 e. The SMILES string of the molecule is COc1cc(Cl)cc(N=C=O)c1. The van der Waals surface area contributed by atoms with Gasteiger partial charge in [-0.05, 0) is 12.1 Å². The Balaban J connectivity index is 3.14. The van der Waals surface area contributed by atoms with Crippen LogP contribution in [-0.2, 0) is 4.79 Å². The van der Waals surface area contributed by atoms with E-state index >= 15 is 0 Å². The maximum absolute atomic E-state index is 9.91. The third-order valence-corrected chi connectivity index (χ3v) is 1.48. The predicted molar refractivity (Wildman–Crippen MR) is 45.8 cm³/mol. The van der Waals surface area contributed by atoms with E-state index in [1.807, 2.05) is 0 Å². The number of ether oxygens (including phenoxy) is 1. The largest absolute Gasteiger partial charge is 0.497 e. The number of isocyanates is 1. The van der Waals surface area contributed by atoms with Gasteiger partial charge in [0.2, 0.25) is 6.08 Å². The number of methoxy groups -OCH3 is 1. The molecule has 1 aromatic carbocycles. The molecule has 0 atom stereocenters. The van der Waals surface area contributed by atoms with Crippen LogP contribution in [0.5, 0.6) is 5.75 Å². The standard InChI is InChI=1S/C8H6ClNO2/c1-12-8-3-6(9)2-7(4-8)10-5-11/h2-4H,1H3. The highest BCUT2D eigenvalue weighted by Crippen LogP contribution is 2.25. The molecule has 0 N–H and O–H groups in total. The fourth-order valence-corrected chi connectivity index (χ4v) is 1.00. The first-order valence-electron chi connectivity index (χ1n) is 3.18. The molecule has 0 aliphatic carbocycles. The summed E-state index contributed by atoms with van der Waals surface area (Å²) >= 11 is 5.69. The van der Waals surface area contributed by atoms with Gasteiger partial charge in [-0.25, -0.2) is 4.79 Å². The van der Waals surface area contributed by atoms with Crippen molar-refractivity contribution in [2.75, 3.05) is 7.11 Å². The topological polar surface area (TPSA) is 38.7 Å². The van der Waals surface area contributed by atoms with Crippen molar-refractivity contribution < 1.29 is 9.53 Å². The fourth-order valence-electron chi connectivity index (χ4n) is 0.783. The molecule has 62 valence electrons. The third-order valence-electron chi connectivity index (χ3n) is 1.27. The molecule has 3 nitrogen and oxygen atoms in total. The van der Waals surface area contributed by atoms with Crippen LogP contribution in [0.2, 0.25) is 5.02 Å². The number of hydrogen-bond acceptors (Lipinski definition) is 3. The van der Waals surface area contributed by atoms with Crippen LogP contribution in [0.15, 0.2) is 23.2 Å². The number of benzene rings is 1. The zero-order valence-electron chi connectivity index (χ0n) is 6.37. The van der Waals surface area contributed by atoms with Crippen LogP contribution in [0.25, 0.3) is 0 Å². The third kappa shape index (κ3) is 2.09. The van der Waals surface area contributed by atoms with E-state index in [4.69, 9.17) is 16.3 Å². The zero-order valence-corrected chi connectivity index (χ0v) is 7.13. The minimum absolute atomic E-state index is 0.439. The highest BCUT2D eigenvalue weighted by Gasteiger charge is 1.97. The number of halogens is 1. The first-order chi connectivity index (χ1) is 5.76. The molecule has 4 heteroatoms. The molecular formula is C8H6ClNO2. The van der Waals surface area contributed by atoms with Crippen LogP contribution >= 0.6 is 11.6 Å². The summed E-state index contributed by atoms with van der Waals surface area (Å²) < 4.78 is 4.91. The molecule has 0 unspecified atom stereocenters. The molecule has 1 aromatic rings. The van der Waals surface area contributed by atoms with E-state index in [1.54, 1.807) is 18.2 Å². The van der Waals surface area contributed by atoms with E-state index in [0.29, 0.717) is 16.5 Å². The van der Waals surface area contributed by atoms with Crippen molar-refractivity contribution in [3.05, 3.63) is 23.2 Å². The van der Waals surface area contributed by atoms with Crippen molar-refractivity contribution in [2.45, 2.75) is 0 Å². The summed E-state index contributed by atoms with van der Waals surface area (Å²) in [6.07, 6.45) is 1.42. The lowest BCUT2D eigenvalue weighted by Gasteiger charge is -2.00. The summed E-state index contributed by atoms with van der Waals surface area (Å²) in [7, 11) is 1.51. The first kappa shape index (κ1) is 8.78. The van der Waals surface area contributed by atoms with Gasteiger partial charge in [0.05, 0.1) is 12.8 Å². The first-order valence-corrected chi connectivity index (χ1v) is 3.56. The van der Waals surface area contributed by atoms with Crippen LogP contribution in [0, 0.1) is 0 Å². The van der Waals surface area contributed by atoms with Gasteiger partial charge in [-0.3, -0.25) is 0 Å². The van der Waals surface area contributed by atoms with Crippen LogP contribution in [0.3, 0.4) is 0 Å². The van der Waals surface area contributed by atoms with E-state index < -0.39 is 0 Å². The Labute approximate surface area is 74.6 Å². The van der Waals surface area contributed by atoms with Crippen molar-refractivity contribution in [1.29, 1.82) is 0 Å². The normalized spacial score (nSPS) is 8.83. The number of carbonyl (C=O) groups excluding carboxylic acids is 1. The highest BCUT2D eigenvalue weighted by molar-refractivity contribution is 6.31. The van der Waals surface area contributed by atoms with Gasteiger partial charge in [0.1, 0.15) is 5.75 Å². The van der Waals surface area contributed by atoms with Gasteiger partial charge in [-0.2, -0.15) is 4.99 Å². The van der Waals surface area contributed by atoms with Crippen LogP contribution in [0.1, 0.15) is 0 Å². The van der Waals surface area contributed by atoms with Crippen molar-refractivity contribution in [2.24, 2.45) is 4.99 Å². The van der Waals surface area contributed by atoms with Crippen LogP contribution in [-0.4, -0.2) is 13.2 Å². The predicted octanol–water partition coefficient (Wildman–Crippen LogP) is 2.32. The maximum atomic E-state index is 9.91. The second-order valence-corrected chi connectivity index (χ2v) is 2.49. The summed E-state index contributed by atoms with van der Waals surface area (Å²) in [5.74, 6) is 0.566. The van der Waals surface area contributed by atoms with Crippen molar-refractivity contribution in [3.63, 3.8) is 0 Å². The fraction of sp³-hybridized carbons (Fsp3) is 0.125. The Hall–Kier alpha value is -1.31. The summed E-state index contributed by atoms with van der Waals surface area (Å²) in [6.45, 7) is 0. The summed E-state index contributed by atoms with van der Waals surface area (Å²) in [4.78, 5) is 13.3. The summed E-state index contributed by atoms with van der Waals surface area (Å²) in [5, 5.41) is 0.475. The van der Waals surface area contributed by atoms with Gasteiger partial charge in [0.25, 0.3) is 0 Å². The molecule has 0 bridgehead atoms. The van der Waals surface area contributed by atoms with Gasteiger partial charge in [0, 0.05) is 11.1 Å². The van der Waals surface area contributed by atoms with Crippen LogP contribution in [0.4, 0.5) is 5.69 Å². The molecule has 0 radical (unpaired) electrons. The van der Waals surface area contributed by atoms with Crippen molar-refractivity contribution >= 4 is 23.4 Å². The average Bonchev–Trinajstić information content (AvgIpc) is 2.04. The second kappa shape index (κ2) is 3.90. The molecule has 0 aliphatic heterocycles. The number of hydrogen-bond donors (Lipinski definition) is 0. The molecule has 1 rings (SSSR count). The zero-order chi connectivity index (χ0) is 8.97. The number of rotatable bonds is 2. The minimum atomic E-state index is 0.439. The molecule has 0 heterocycles. The Morgan fingerprint density at radius 1 is 1.50 bits per heavy atom. The molecule has 0 saturated carbocycles. The molecular weight excluding hydrogens is 178 g/mol. The molecule has 0 fully saturated rings. The van der Waals surface area contributed by atoms with Crippen LogP contribution < -0.4 is 4.74 Å². The maximum Gasteiger partial charge on any atom is 0.240 e. The van der Waals surface area contributed by atoms with Gasteiger partial charge in [0.15, 0.2) is 0 Å². The molecule has 0 spiro atoms. The van der Waals surface area contributed by atoms with Gasteiger partial charge in [-0.15, -0.1) is 0 Å². The Morgan fingerprint density at radius 2 is 2.25 bits per heavy atom. The Morgan fingerprint density at radius 3 is 2.83 bits per heavy atom. The molecule has 0 aromatic heterocycles. The van der Waals surface area contributed by atoms with Gasteiger partial charge < -0.3 is 4.74 Å². The molecule has 12 heavy (non-hydrogen) atoms. The van der Waals surface area contributed by atoms with E-state index in [-0.39, 0.29) is 0 Å². The number of aliphatic imine (C=N–C) groups is 1. The highest BCUT2D eigenvalue weighted by atomic mass is 35.5. The Bertz CT molecular complexity index is 332.